The summed E-state index contributed by atoms with van der Waals surface area (Å²) in [5.74, 6) is 2.17. The number of hydrogen-bond donors (Lipinski definition) is 1. The van der Waals surface area contributed by atoms with Crippen LogP contribution in [0, 0.1) is 11.3 Å². The largest absolute Gasteiger partial charge is 0.508 e. The maximum absolute atomic E-state index is 9.13. The lowest BCUT2D eigenvalue weighted by atomic mass is 9.72. The molecule has 1 aliphatic rings. The van der Waals surface area contributed by atoms with Gasteiger partial charge < -0.3 is 9.84 Å². The molecule has 0 heterocycles. The maximum Gasteiger partial charge on any atom is 0.120 e. The minimum absolute atomic E-state index is 0.323. The molecule has 0 aliphatic heterocycles. The van der Waals surface area contributed by atoms with Gasteiger partial charge in [-0.1, -0.05) is 79.2 Å². The van der Waals surface area contributed by atoms with Gasteiger partial charge in [0.1, 0.15) is 11.5 Å². The molecule has 0 radical (unpaired) electrons. The minimum atomic E-state index is 0.323. The Balaban J connectivity index is 0.000000196. The zero-order valence-corrected chi connectivity index (χ0v) is 21.3. The fraction of sp³-hybridized carbons (Fsp3) is 0.333. The summed E-state index contributed by atoms with van der Waals surface area (Å²) >= 11 is 3.52. The third-order valence-corrected chi connectivity index (χ3v) is 7.20. The van der Waals surface area contributed by atoms with Crippen LogP contribution in [-0.4, -0.2) is 11.2 Å². The molecule has 33 heavy (non-hydrogen) atoms. The number of aromatic hydroxyl groups is 1. The molecular weight excluding hydrogens is 472 g/mol. The summed E-state index contributed by atoms with van der Waals surface area (Å²) in [5.41, 5.74) is 0.432. The monoisotopic (exact) mass is 504 g/mol. The first kappa shape index (κ1) is 23.6. The summed E-state index contributed by atoms with van der Waals surface area (Å²) in [6.07, 6.45) is 5.32. The smallest absolute Gasteiger partial charge is 0.120 e. The topological polar surface area (TPSA) is 29.5 Å². The summed E-state index contributed by atoms with van der Waals surface area (Å²) in [4.78, 5) is 0. The molecule has 4 aromatic carbocycles. The summed E-state index contributed by atoms with van der Waals surface area (Å²) in [6, 6.07) is 26.1. The van der Waals surface area contributed by atoms with E-state index in [4.69, 9.17) is 9.84 Å². The molecule has 0 saturated heterocycles. The molecule has 0 spiro atoms. The van der Waals surface area contributed by atoms with Gasteiger partial charge in [-0.2, -0.15) is 0 Å². The standard InChI is InChI=1S/C20H25BrO.C10H8O/c1-20(2,3)16-6-10-18(11-7-16)22-19-9-5-14-12-17(21)8-4-15(14)13-19;11-10-6-5-8-3-1-2-4-9(8)7-10/h4-5,8-9,12-13,16,18H,6-7,10-11H2,1-3H3;1-7,11H/t16-,18-;. The first-order valence-electron chi connectivity index (χ1n) is 11.8. The van der Waals surface area contributed by atoms with Crippen LogP contribution in [0.15, 0.2) is 83.3 Å². The van der Waals surface area contributed by atoms with Crippen molar-refractivity contribution in [3.05, 3.63) is 83.3 Å². The average molecular weight is 505 g/mol. The van der Waals surface area contributed by atoms with E-state index in [0.29, 0.717) is 17.3 Å². The molecular formula is C30H33BrO2. The predicted molar refractivity (Wildman–Crippen MR) is 143 cm³/mol. The first-order valence-corrected chi connectivity index (χ1v) is 12.6. The minimum Gasteiger partial charge on any atom is -0.508 e. The number of fused-ring (bicyclic) bond motifs is 2. The number of ether oxygens (including phenoxy) is 1. The molecule has 0 bridgehead atoms. The third kappa shape index (κ3) is 6.29. The Labute approximate surface area is 205 Å². The SMILES string of the molecule is CC(C)(C)[C@H]1CC[C@H](Oc2ccc3cc(Br)ccc3c2)CC1.Oc1ccc2ccccc2c1. The number of halogens is 1. The highest BCUT2D eigenvalue weighted by molar-refractivity contribution is 9.10. The first-order chi connectivity index (χ1) is 15.8. The van der Waals surface area contributed by atoms with Crippen molar-refractivity contribution in [3.8, 4) is 11.5 Å². The highest BCUT2D eigenvalue weighted by Crippen LogP contribution is 2.39. The van der Waals surface area contributed by atoms with E-state index in [0.717, 1.165) is 26.9 Å². The molecule has 0 amide bonds. The zero-order chi connectivity index (χ0) is 23.4. The van der Waals surface area contributed by atoms with E-state index in [9.17, 15) is 0 Å². The van der Waals surface area contributed by atoms with Gasteiger partial charge in [0.05, 0.1) is 6.10 Å². The van der Waals surface area contributed by atoms with E-state index in [1.54, 1.807) is 12.1 Å². The van der Waals surface area contributed by atoms with E-state index < -0.39 is 0 Å². The molecule has 1 saturated carbocycles. The predicted octanol–water partition coefficient (Wildman–Crippen LogP) is 9.13. The van der Waals surface area contributed by atoms with Crippen molar-refractivity contribution in [2.45, 2.75) is 52.6 Å². The van der Waals surface area contributed by atoms with Crippen LogP contribution in [0.1, 0.15) is 46.5 Å². The second-order valence-corrected chi connectivity index (χ2v) is 11.1. The van der Waals surface area contributed by atoms with Crippen molar-refractivity contribution in [1.29, 1.82) is 0 Å². The molecule has 0 atom stereocenters. The Hall–Kier alpha value is -2.52. The van der Waals surface area contributed by atoms with Crippen molar-refractivity contribution in [2.24, 2.45) is 11.3 Å². The van der Waals surface area contributed by atoms with Crippen LogP contribution in [0.5, 0.6) is 11.5 Å². The molecule has 3 heteroatoms. The molecule has 4 aromatic rings. The molecule has 0 unspecified atom stereocenters. The normalized spacial score (nSPS) is 18.5. The number of hydrogen-bond acceptors (Lipinski definition) is 2. The second-order valence-electron chi connectivity index (χ2n) is 10.1. The van der Waals surface area contributed by atoms with Crippen molar-refractivity contribution < 1.29 is 9.84 Å². The van der Waals surface area contributed by atoms with Gasteiger partial charge in [-0.3, -0.25) is 0 Å². The lowest BCUT2D eigenvalue weighted by Gasteiger charge is -2.37. The molecule has 1 aliphatic carbocycles. The average Bonchev–Trinajstić information content (AvgIpc) is 2.79. The van der Waals surface area contributed by atoms with Gasteiger partial charge in [-0.25, -0.2) is 0 Å². The maximum atomic E-state index is 9.13. The Bertz CT molecular complexity index is 1220. The summed E-state index contributed by atoms with van der Waals surface area (Å²) in [6.45, 7) is 7.08. The van der Waals surface area contributed by atoms with E-state index in [1.165, 1.54) is 36.5 Å². The number of phenols is 1. The van der Waals surface area contributed by atoms with Crippen molar-refractivity contribution >= 4 is 37.5 Å². The second kappa shape index (κ2) is 10.2. The molecule has 1 fully saturated rings. The van der Waals surface area contributed by atoms with Crippen LogP contribution in [0.25, 0.3) is 21.5 Å². The Morgan fingerprint density at radius 3 is 2.06 bits per heavy atom. The Morgan fingerprint density at radius 1 is 0.727 bits per heavy atom. The van der Waals surface area contributed by atoms with Crippen molar-refractivity contribution in [2.75, 3.05) is 0 Å². The van der Waals surface area contributed by atoms with Crippen LogP contribution in [0.3, 0.4) is 0 Å². The number of benzene rings is 4. The number of phenolic OH excluding ortho intramolecular Hbond substituents is 1. The van der Waals surface area contributed by atoms with Crippen LogP contribution in [0.2, 0.25) is 0 Å². The molecule has 5 rings (SSSR count). The van der Waals surface area contributed by atoms with Crippen molar-refractivity contribution in [1.82, 2.24) is 0 Å². The van der Waals surface area contributed by atoms with Gasteiger partial charge in [-0.05, 0) is 95.0 Å². The lowest BCUT2D eigenvalue weighted by molar-refractivity contribution is 0.0883. The Kier molecular flexibility index (Phi) is 7.29. The van der Waals surface area contributed by atoms with E-state index in [-0.39, 0.29) is 0 Å². The summed E-state index contributed by atoms with van der Waals surface area (Å²) in [7, 11) is 0. The van der Waals surface area contributed by atoms with Crippen LogP contribution >= 0.6 is 15.9 Å². The van der Waals surface area contributed by atoms with E-state index in [1.807, 2.05) is 30.3 Å². The number of rotatable bonds is 2. The highest BCUT2D eigenvalue weighted by Gasteiger charge is 2.30. The lowest BCUT2D eigenvalue weighted by Crippen LogP contribution is -2.30. The van der Waals surface area contributed by atoms with Gasteiger partial charge >= 0.3 is 0 Å². The Morgan fingerprint density at radius 2 is 1.33 bits per heavy atom. The van der Waals surface area contributed by atoms with E-state index in [2.05, 4.69) is 73.1 Å². The molecule has 1 N–H and O–H groups in total. The molecule has 0 aromatic heterocycles. The van der Waals surface area contributed by atoms with Crippen molar-refractivity contribution in [3.63, 3.8) is 0 Å². The van der Waals surface area contributed by atoms with Gasteiger partial charge in [0.15, 0.2) is 0 Å². The van der Waals surface area contributed by atoms with Crippen LogP contribution in [0.4, 0.5) is 0 Å². The quantitative estimate of drug-likeness (QED) is 0.294. The van der Waals surface area contributed by atoms with Crippen LogP contribution in [-0.2, 0) is 0 Å². The van der Waals surface area contributed by atoms with E-state index >= 15 is 0 Å². The fourth-order valence-corrected chi connectivity index (χ4v) is 5.06. The zero-order valence-electron chi connectivity index (χ0n) is 19.7. The van der Waals surface area contributed by atoms with Gasteiger partial charge in [0.25, 0.3) is 0 Å². The fourth-order valence-electron chi connectivity index (χ4n) is 4.68. The van der Waals surface area contributed by atoms with Gasteiger partial charge in [0, 0.05) is 4.47 Å². The van der Waals surface area contributed by atoms with Gasteiger partial charge in [-0.15, -0.1) is 0 Å². The van der Waals surface area contributed by atoms with Crippen LogP contribution < -0.4 is 4.74 Å². The molecule has 2 nitrogen and oxygen atoms in total. The summed E-state index contributed by atoms with van der Waals surface area (Å²) in [5, 5.41) is 13.9. The summed E-state index contributed by atoms with van der Waals surface area (Å²) < 4.78 is 7.36. The third-order valence-electron chi connectivity index (χ3n) is 6.71. The highest BCUT2D eigenvalue weighted by atomic mass is 79.9. The molecule has 172 valence electrons. The van der Waals surface area contributed by atoms with Gasteiger partial charge in [0.2, 0.25) is 0 Å².